The number of carbonyl (C=O) groups excluding carboxylic acids is 1. The van der Waals surface area contributed by atoms with Crippen molar-refractivity contribution in [2.24, 2.45) is 0 Å². The number of amides is 1. The van der Waals surface area contributed by atoms with Crippen LogP contribution in [-0.2, 0) is 9.84 Å². The van der Waals surface area contributed by atoms with Crippen molar-refractivity contribution >= 4 is 27.3 Å². The van der Waals surface area contributed by atoms with Gasteiger partial charge in [0.25, 0.3) is 15.7 Å². The first-order valence-corrected chi connectivity index (χ1v) is 10.2. The second-order valence-corrected chi connectivity index (χ2v) is 8.77. The van der Waals surface area contributed by atoms with E-state index in [1.54, 1.807) is 0 Å². The Morgan fingerprint density at radius 1 is 1.16 bits per heavy atom. The van der Waals surface area contributed by atoms with E-state index in [-0.39, 0.29) is 28.5 Å². The summed E-state index contributed by atoms with van der Waals surface area (Å²) >= 11 is 5.98. The van der Waals surface area contributed by atoms with Gasteiger partial charge in [-0.25, -0.2) is 8.42 Å². The number of nitriles is 2. The monoisotopic (exact) mass is 471 g/mol. The maximum Gasteiger partial charge on any atom is 0.501 e. The molecular weight excluding hydrogens is 459 g/mol. The summed E-state index contributed by atoms with van der Waals surface area (Å²) in [4.78, 5) is 11.4. The van der Waals surface area contributed by atoms with Crippen LogP contribution in [0.25, 0.3) is 0 Å². The fourth-order valence-corrected chi connectivity index (χ4v) is 3.18. The van der Waals surface area contributed by atoms with Crippen molar-refractivity contribution < 1.29 is 31.1 Å². The van der Waals surface area contributed by atoms with Gasteiger partial charge in [-0.05, 0) is 49.4 Å². The molecule has 0 aliphatic rings. The molecule has 0 heterocycles. The Morgan fingerprint density at radius 3 is 2.29 bits per heavy atom. The van der Waals surface area contributed by atoms with E-state index in [9.17, 15) is 31.6 Å². The van der Waals surface area contributed by atoms with E-state index in [0.717, 1.165) is 12.1 Å². The summed E-state index contributed by atoms with van der Waals surface area (Å²) in [5, 5.41) is 20.9. The number of sulfone groups is 1. The predicted molar refractivity (Wildman–Crippen MR) is 103 cm³/mol. The number of alkyl halides is 3. The Morgan fingerprint density at radius 2 is 1.77 bits per heavy atom. The van der Waals surface area contributed by atoms with Gasteiger partial charge in [0.05, 0.1) is 27.6 Å². The molecule has 1 amide bonds. The van der Waals surface area contributed by atoms with Crippen LogP contribution in [0.15, 0.2) is 47.4 Å². The second kappa shape index (κ2) is 8.84. The summed E-state index contributed by atoms with van der Waals surface area (Å²) in [6.45, 7) is 0.958. The summed E-state index contributed by atoms with van der Waals surface area (Å²) in [5.74, 6) is -0.737. The molecule has 162 valence electrons. The van der Waals surface area contributed by atoms with Gasteiger partial charge in [0, 0.05) is 5.56 Å². The highest BCUT2D eigenvalue weighted by atomic mass is 35.5. The smallest absolute Gasteiger partial charge is 0.488 e. The molecule has 12 heteroatoms. The average molecular weight is 472 g/mol. The molecule has 1 N–H and O–H groups in total. The van der Waals surface area contributed by atoms with Crippen LogP contribution in [-0.4, -0.2) is 32.0 Å². The van der Waals surface area contributed by atoms with Crippen molar-refractivity contribution in [3.8, 4) is 17.9 Å². The molecule has 1 atom stereocenters. The van der Waals surface area contributed by atoms with E-state index < -0.39 is 31.7 Å². The quantitative estimate of drug-likeness (QED) is 0.687. The molecule has 0 aromatic heterocycles. The number of hydrogen-bond donors (Lipinski definition) is 1. The largest absolute Gasteiger partial charge is 0.501 e. The minimum Gasteiger partial charge on any atom is -0.488 e. The molecular formula is C19H13ClF3N3O4S. The third-order valence-electron chi connectivity index (χ3n) is 3.94. The minimum atomic E-state index is -5.55. The fraction of sp³-hybridized carbons (Fsp3) is 0.211. The lowest BCUT2D eigenvalue weighted by molar-refractivity contribution is -0.0436. The molecule has 7 nitrogen and oxygen atoms in total. The van der Waals surface area contributed by atoms with Crippen LogP contribution in [0.2, 0.25) is 5.02 Å². The lowest BCUT2D eigenvalue weighted by Gasteiger charge is -2.24. The van der Waals surface area contributed by atoms with Crippen LogP contribution < -0.4 is 10.1 Å². The van der Waals surface area contributed by atoms with Gasteiger partial charge in [-0.15, -0.1) is 0 Å². The third-order valence-corrected chi connectivity index (χ3v) is 5.76. The summed E-state index contributed by atoms with van der Waals surface area (Å²) in [6, 6.07) is 11.0. The number of halogens is 4. The summed E-state index contributed by atoms with van der Waals surface area (Å²) in [5.41, 5.74) is -6.97. The number of nitrogens with zero attached hydrogens (tertiary/aromatic N) is 2. The first-order chi connectivity index (χ1) is 14.3. The standard InChI is InChI=1S/C19H13ClF3N3O4S/c1-18(10-25,11-30-16-8-12(9-24)2-7-15(16)20)26-17(27)13-3-5-14(6-4-13)31(28,29)19(21,22)23/h2-8H,11H2,1H3,(H,26,27). The van der Waals surface area contributed by atoms with Crippen molar-refractivity contribution in [3.05, 3.63) is 58.6 Å². The van der Waals surface area contributed by atoms with Gasteiger partial charge >= 0.3 is 5.51 Å². The van der Waals surface area contributed by atoms with E-state index in [1.165, 1.54) is 25.1 Å². The van der Waals surface area contributed by atoms with Crippen molar-refractivity contribution in [2.75, 3.05) is 6.61 Å². The number of benzene rings is 2. The Hall–Kier alpha value is -3.28. The Balaban J connectivity index is 2.16. The van der Waals surface area contributed by atoms with Gasteiger partial charge in [-0.2, -0.15) is 23.7 Å². The van der Waals surface area contributed by atoms with Gasteiger partial charge in [0.2, 0.25) is 0 Å². The van der Waals surface area contributed by atoms with E-state index >= 15 is 0 Å². The molecule has 1 unspecified atom stereocenters. The van der Waals surface area contributed by atoms with E-state index in [4.69, 9.17) is 21.6 Å². The van der Waals surface area contributed by atoms with Crippen LogP contribution in [0.5, 0.6) is 5.75 Å². The van der Waals surface area contributed by atoms with E-state index in [2.05, 4.69) is 5.32 Å². The molecule has 0 spiro atoms. The maximum atomic E-state index is 12.6. The zero-order valence-electron chi connectivity index (χ0n) is 15.7. The lowest BCUT2D eigenvalue weighted by atomic mass is 10.1. The summed E-state index contributed by atoms with van der Waals surface area (Å²) in [6.07, 6.45) is 0. The summed E-state index contributed by atoms with van der Waals surface area (Å²) in [7, 11) is -5.55. The second-order valence-electron chi connectivity index (χ2n) is 6.42. The highest BCUT2D eigenvalue weighted by molar-refractivity contribution is 7.92. The van der Waals surface area contributed by atoms with Crippen molar-refractivity contribution in [1.82, 2.24) is 5.32 Å². The van der Waals surface area contributed by atoms with Gasteiger partial charge in [-0.3, -0.25) is 4.79 Å². The molecule has 2 aromatic rings. The predicted octanol–water partition coefficient (Wildman–Crippen LogP) is 3.60. The van der Waals surface area contributed by atoms with Crippen LogP contribution in [0.4, 0.5) is 13.2 Å². The fourth-order valence-electron chi connectivity index (χ4n) is 2.24. The SMILES string of the molecule is CC(C#N)(COc1cc(C#N)ccc1Cl)NC(=O)c1ccc(S(=O)(=O)C(F)(F)F)cc1. The molecule has 0 aliphatic heterocycles. The molecule has 0 saturated carbocycles. The van der Waals surface area contributed by atoms with E-state index in [0.29, 0.717) is 12.1 Å². The summed E-state index contributed by atoms with van der Waals surface area (Å²) < 4.78 is 66.0. The van der Waals surface area contributed by atoms with Gasteiger partial charge < -0.3 is 10.1 Å². The molecule has 31 heavy (non-hydrogen) atoms. The molecule has 0 radical (unpaired) electrons. The topological polar surface area (TPSA) is 120 Å². The number of hydrogen-bond acceptors (Lipinski definition) is 6. The molecule has 0 aliphatic carbocycles. The van der Waals surface area contributed by atoms with E-state index in [1.807, 2.05) is 12.1 Å². The Labute approximate surface area is 180 Å². The van der Waals surface area contributed by atoms with Crippen LogP contribution in [0.3, 0.4) is 0 Å². The lowest BCUT2D eigenvalue weighted by Crippen LogP contribution is -2.49. The molecule has 0 saturated heterocycles. The highest BCUT2D eigenvalue weighted by Gasteiger charge is 2.46. The van der Waals surface area contributed by atoms with Crippen molar-refractivity contribution in [3.63, 3.8) is 0 Å². The van der Waals surface area contributed by atoms with Gasteiger partial charge in [-0.1, -0.05) is 11.6 Å². The number of nitrogens with one attached hydrogen (secondary N) is 1. The normalized spacial score (nSPS) is 13.4. The Kier molecular flexibility index (Phi) is 6.84. The molecule has 2 rings (SSSR count). The first kappa shape index (κ1) is 24.0. The first-order valence-electron chi connectivity index (χ1n) is 8.30. The van der Waals surface area contributed by atoms with Crippen LogP contribution >= 0.6 is 11.6 Å². The Bertz CT molecular complexity index is 1190. The van der Waals surface area contributed by atoms with Gasteiger partial charge in [0.15, 0.2) is 5.54 Å². The van der Waals surface area contributed by atoms with Crippen molar-refractivity contribution in [1.29, 1.82) is 10.5 Å². The van der Waals surface area contributed by atoms with Crippen LogP contribution in [0.1, 0.15) is 22.8 Å². The molecule has 0 bridgehead atoms. The highest BCUT2D eigenvalue weighted by Crippen LogP contribution is 2.30. The zero-order chi connectivity index (χ0) is 23.4. The van der Waals surface area contributed by atoms with Crippen LogP contribution in [0, 0.1) is 22.7 Å². The number of rotatable bonds is 6. The number of carbonyl (C=O) groups is 1. The number of ether oxygens (including phenoxy) is 1. The molecule has 2 aromatic carbocycles. The maximum absolute atomic E-state index is 12.6. The average Bonchev–Trinajstić information content (AvgIpc) is 2.72. The van der Waals surface area contributed by atoms with Gasteiger partial charge in [0.1, 0.15) is 12.4 Å². The third kappa shape index (κ3) is 5.45. The zero-order valence-corrected chi connectivity index (χ0v) is 17.3. The molecule has 0 fully saturated rings. The minimum absolute atomic E-state index is 0.109. The van der Waals surface area contributed by atoms with Crippen molar-refractivity contribution in [2.45, 2.75) is 22.9 Å².